The topological polar surface area (TPSA) is 59.6 Å². The Hall–Kier alpha value is -2.69. The van der Waals surface area contributed by atoms with E-state index in [9.17, 15) is 4.79 Å². The lowest BCUT2D eigenvalue weighted by Crippen LogP contribution is -2.30. The zero-order valence-electron chi connectivity index (χ0n) is 15.1. The molecule has 25 heavy (non-hydrogen) atoms. The van der Waals surface area contributed by atoms with Crippen LogP contribution in [0.1, 0.15) is 25.0 Å². The van der Waals surface area contributed by atoms with Crippen LogP contribution in [0.4, 0.5) is 10.5 Å². The first-order valence-corrected chi connectivity index (χ1v) is 8.62. The molecular weight excluding hydrogens is 316 g/mol. The summed E-state index contributed by atoms with van der Waals surface area (Å²) in [5.74, 6) is 1.49. The average Bonchev–Trinajstić information content (AvgIpc) is 2.57. The molecule has 2 aromatic carbocycles. The molecule has 0 aromatic heterocycles. The van der Waals surface area contributed by atoms with Gasteiger partial charge in [0.2, 0.25) is 0 Å². The quantitative estimate of drug-likeness (QED) is 0.757. The summed E-state index contributed by atoms with van der Waals surface area (Å²) in [7, 11) is 0. The molecular formula is C20H26N2O3. The van der Waals surface area contributed by atoms with Gasteiger partial charge in [-0.2, -0.15) is 0 Å². The summed E-state index contributed by atoms with van der Waals surface area (Å²) >= 11 is 0. The summed E-state index contributed by atoms with van der Waals surface area (Å²) in [5, 5.41) is 5.70. The van der Waals surface area contributed by atoms with Crippen LogP contribution in [0.2, 0.25) is 0 Å². The number of ether oxygens (including phenoxy) is 2. The monoisotopic (exact) mass is 342 g/mol. The number of carbonyl (C=O) groups excluding carboxylic acids is 1. The minimum Gasteiger partial charge on any atom is -0.490 e. The van der Waals surface area contributed by atoms with Crippen molar-refractivity contribution < 1.29 is 14.3 Å². The Labute approximate surface area is 149 Å². The van der Waals surface area contributed by atoms with Gasteiger partial charge in [-0.1, -0.05) is 18.2 Å². The fourth-order valence-electron chi connectivity index (χ4n) is 2.47. The maximum Gasteiger partial charge on any atom is 0.319 e. The van der Waals surface area contributed by atoms with Crippen LogP contribution in [0.3, 0.4) is 0 Å². The van der Waals surface area contributed by atoms with Crippen molar-refractivity contribution in [1.29, 1.82) is 0 Å². The lowest BCUT2D eigenvalue weighted by Gasteiger charge is -2.13. The number of amides is 2. The minimum atomic E-state index is -0.207. The van der Waals surface area contributed by atoms with Crippen molar-refractivity contribution in [3.8, 4) is 11.5 Å². The molecule has 5 nitrogen and oxygen atoms in total. The van der Waals surface area contributed by atoms with E-state index in [1.807, 2.05) is 63.2 Å². The fraction of sp³-hybridized carbons (Fsp3) is 0.350. The van der Waals surface area contributed by atoms with Gasteiger partial charge < -0.3 is 20.1 Å². The summed E-state index contributed by atoms with van der Waals surface area (Å²) in [6, 6.07) is 13.4. The predicted octanol–water partition coefficient (Wildman–Crippen LogP) is 4.16. The summed E-state index contributed by atoms with van der Waals surface area (Å²) < 4.78 is 11.2. The van der Waals surface area contributed by atoms with Gasteiger partial charge in [0.25, 0.3) is 0 Å². The smallest absolute Gasteiger partial charge is 0.319 e. The highest BCUT2D eigenvalue weighted by Gasteiger charge is 2.07. The van der Waals surface area contributed by atoms with Crippen LogP contribution < -0.4 is 20.1 Å². The first-order valence-electron chi connectivity index (χ1n) is 8.62. The van der Waals surface area contributed by atoms with E-state index in [2.05, 4.69) is 10.6 Å². The standard InChI is InChI=1S/C20H26N2O3/c1-4-24-18-10-9-16(14-19(18)25-5-2)11-12-21-20(23)22-17-8-6-7-15(3)13-17/h6-10,13-14H,4-5,11-12H2,1-3H3,(H2,21,22,23). The fourth-order valence-corrected chi connectivity index (χ4v) is 2.47. The molecule has 0 heterocycles. The van der Waals surface area contributed by atoms with Crippen LogP contribution in [0.25, 0.3) is 0 Å². The normalized spacial score (nSPS) is 10.2. The van der Waals surface area contributed by atoms with Crippen molar-refractivity contribution in [2.75, 3.05) is 25.1 Å². The van der Waals surface area contributed by atoms with Gasteiger partial charge in [0.15, 0.2) is 11.5 Å². The maximum absolute atomic E-state index is 12.0. The molecule has 134 valence electrons. The van der Waals surface area contributed by atoms with E-state index < -0.39 is 0 Å². The zero-order valence-corrected chi connectivity index (χ0v) is 15.1. The molecule has 2 rings (SSSR count). The van der Waals surface area contributed by atoms with Crippen molar-refractivity contribution in [1.82, 2.24) is 5.32 Å². The number of anilines is 1. The molecule has 0 radical (unpaired) electrons. The van der Waals surface area contributed by atoms with Crippen LogP contribution >= 0.6 is 0 Å². The van der Waals surface area contributed by atoms with E-state index in [1.54, 1.807) is 0 Å². The molecule has 0 aliphatic heterocycles. The number of nitrogens with one attached hydrogen (secondary N) is 2. The number of carbonyl (C=O) groups is 1. The van der Waals surface area contributed by atoms with Crippen LogP contribution in [-0.2, 0) is 6.42 Å². The summed E-state index contributed by atoms with van der Waals surface area (Å²) in [6.45, 7) is 7.60. The molecule has 0 aliphatic carbocycles. The lowest BCUT2D eigenvalue weighted by molar-refractivity contribution is 0.252. The molecule has 0 spiro atoms. The molecule has 0 bridgehead atoms. The number of hydrogen-bond acceptors (Lipinski definition) is 3. The molecule has 0 saturated heterocycles. The van der Waals surface area contributed by atoms with Crippen molar-refractivity contribution >= 4 is 11.7 Å². The Balaban J connectivity index is 1.86. The third kappa shape index (κ3) is 6.03. The minimum absolute atomic E-state index is 0.207. The first-order chi connectivity index (χ1) is 12.1. The van der Waals surface area contributed by atoms with Crippen molar-refractivity contribution in [3.05, 3.63) is 53.6 Å². The Morgan fingerprint density at radius 1 is 1.00 bits per heavy atom. The van der Waals surface area contributed by atoms with E-state index in [4.69, 9.17) is 9.47 Å². The predicted molar refractivity (Wildman–Crippen MR) is 101 cm³/mol. The molecule has 5 heteroatoms. The van der Waals surface area contributed by atoms with Gasteiger partial charge in [-0.15, -0.1) is 0 Å². The van der Waals surface area contributed by atoms with E-state index >= 15 is 0 Å². The van der Waals surface area contributed by atoms with Gasteiger partial charge in [-0.05, 0) is 62.6 Å². The summed E-state index contributed by atoms with van der Waals surface area (Å²) in [5.41, 5.74) is 2.98. The molecule has 2 aromatic rings. The second kappa shape index (κ2) is 9.57. The second-order valence-corrected chi connectivity index (χ2v) is 5.65. The molecule has 0 atom stereocenters. The SMILES string of the molecule is CCOc1ccc(CCNC(=O)Nc2cccc(C)c2)cc1OCC. The van der Waals surface area contributed by atoms with Gasteiger partial charge in [0.05, 0.1) is 13.2 Å². The number of benzene rings is 2. The van der Waals surface area contributed by atoms with E-state index in [0.717, 1.165) is 28.3 Å². The van der Waals surface area contributed by atoms with E-state index in [0.29, 0.717) is 26.2 Å². The van der Waals surface area contributed by atoms with Crippen LogP contribution in [-0.4, -0.2) is 25.8 Å². The van der Waals surface area contributed by atoms with Gasteiger partial charge in [0.1, 0.15) is 0 Å². The van der Waals surface area contributed by atoms with Crippen molar-refractivity contribution in [2.45, 2.75) is 27.2 Å². The zero-order chi connectivity index (χ0) is 18.1. The van der Waals surface area contributed by atoms with Gasteiger partial charge in [-0.3, -0.25) is 0 Å². The van der Waals surface area contributed by atoms with Crippen molar-refractivity contribution in [2.24, 2.45) is 0 Å². The number of aryl methyl sites for hydroxylation is 1. The van der Waals surface area contributed by atoms with Crippen molar-refractivity contribution in [3.63, 3.8) is 0 Å². The second-order valence-electron chi connectivity index (χ2n) is 5.65. The molecule has 2 amide bonds. The molecule has 0 saturated carbocycles. The summed E-state index contributed by atoms with van der Waals surface area (Å²) in [6.07, 6.45) is 0.716. The number of rotatable bonds is 8. The van der Waals surface area contributed by atoms with Gasteiger partial charge >= 0.3 is 6.03 Å². The third-order valence-electron chi connectivity index (χ3n) is 3.58. The maximum atomic E-state index is 12.0. The van der Waals surface area contributed by atoms with E-state index in [-0.39, 0.29) is 6.03 Å². The number of hydrogen-bond donors (Lipinski definition) is 2. The molecule has 2 N–H and O–H groups in total. The van der Waals surface area contributed by atoms with E-state index in [1.165, 1.54) is 0 Å². The largest absolute Gasteiger partial charge is 0.490 e. The highest BCUT2D eigenvalue weighted by Crippen LogP contribution is 2.28. The molecule has 0 aliphatic rings. The molecule has 0 unspecified atom stereocenters. The van der Waals surface area contributed by atoms with Crippen LogP contribution in [0.5, 0.6) is 11.5 Å². The lowest BCUT2D eigenvalue weighted by atomic mass is 10.1. The molecule has 0 fully saturated rings. The Morgan fingerprint density at radius 3 is 2.48 bits per heavy atom. The first kappa shape index (κ1) is 18.6. The van der Waals surface area contributed by atoms with Crippen LogP contribution in [0, 0.1) is 6.92 Å². The van der Waals surface area contributed by atoms with Crippen LogP contribution in [0.15, 0.2) is 42.5 Å². The van der Waals surface area contributed by atoms with Gasteiger partial charge in [0, 0.05) is 12.2 Å². The Morgan fingerprint density at radius 2 is 1.76 bits per heavy atom. The number of urea groups is 1. The van der Waals surface area contributed by atoms with Gasteiger partial charge in [-0.25, -0.2) is 4.79 Å². The Kier molecular flexibility index (Phi) is 7.14. The highest BCUT2D eigenvalue weighted by atomic mass is 16.5. The third-order valence-corrected chi connectivity index (χ3v) is 3.58. The highest BCUT2D eigenvalue weighted by molar-refractivity contribution is 5.89. The Bertz CT molecular complexity index is 701. The summed E-state index contributed by atoms with van der Waals surface area (Å²) in [4.78, 5) is 12.0. The average molecular weight is 342 g/mol.